The van der Waals surface area contributed by atoms with Crippen molar-refractivity contribution in [1.82, 2.24) is 9.80 Å². The third-order valence-corrected chi connectivity index (χ3v) is 4.46. The van der Waals surface area contributed by atoms with Crippen molar-refractivity contribution < 1.29 is 4.79 Å². The van der Waals surface area contributed by atoms with Crippen molar-refractivity contribution in [1.29, 1.82) is 0 Å². The second kappa shape index (κ2) is 4.18. The fraction of sp³-hybridized carbons (Fsp3) is 0.583. The first-order valence-corrected chi connectivity index (χ1v) is 6.79. The van der Waals surface area contributed by atoms with Crippen molar-refractivity contribution in [3.8, 4) is 0 Å². The number of hydrogen-bond acceptors (Lipinski definition) is 3. The number of thiophene rings is 1. The molecule has 0 aromatic carbocycles. The van der Waals surface area contributed by atoms with Gasteiger partial charge in [0.15, 0.2) is 0 Å². The van der Waals surface area contributed by atoms with E-state index in [1.165, 1.54) is 19.4 Å². The van der Waals surface area contributed by atoms with E-state index in [0.29, 0.717) is 6.04 Å². The molecule has 0 spiro atoms. The molecule has 0 bridgehead atoms. The van der Waals surface area contributed by atoms with E-state index in [2.05, 4.69) is 4.90 Å². The zero-order chi connectivity index (χ0) is 11.0. The maximum absolute atomic E-state index is 12.2. The Morgan fingerprint density at radius 1 is 1.38 bits per heavy atom. The van der Waals surface area contributed by atoms with Gasteiger partial charge < -0.3 is 4.90 Å². The quantitative estimate of drug-likeness (QED) is 0.740. The molecule has 2 aliphatic heterocycles. The summed E-state index contributed by atoms with van der Waals surface area (Å²) in [5.41, 5.74) is 0. The van der Waals surface area contributed by atoms with Gasteiger partial charge in [-0.15, -0.1) is 11.3 Å². The van der Waals surface area contributed by atoms with Crippen molar-refractivity contribution in [3.05, 3.63) is 22.4 Å². The summed E-state index contributed by atoms with van der Waals surface area (Å²) in [6, 6.07) is 4.50. The fourth-order valence-corrected chi connectivity index (χ4v) is 3.42. The van der Waals surface area contributed by atoms with Crippen molar-refractivity contribution in [2.75, 3.05) is 26.2 Å². The highest BCUT2D eigenvalue weighted by atomic mass is 32.1. The zero-order valence-electron chi connectivity index (χ0n) is 9.26. The molecule has 2 aliphatic rings. The molecule has 0 aliphatic carbocycles. The Hall–Kier alpha value is -0.870. The second-order valence-electron chi connectivity index (χ2n) is 4.56. The molecule has 3 nitrogen and oxygen atoms in total. The minimum atomic E-state index is 0.224. The molecule has 2 saturated heterocycles. The summed E-state index contributed by atoms with van der Waals surface area (Å²) in [4.78, 5) is 17.6. The molecular weight excluding hydrogens is 220 g/mol. The van der Waals surface area contributed by atoms with Crippen molar-refractivity contribution in [3.63, 3.8) is 0 Å². The van der Waals surface area contributed by atoms with Crippen LogP contribution in [0.5, 0.6) is 0 Å². The van der Waals surface area contributed by atoms with Crippen LogP contribution >= 0.6 is 11.3 Å². The average Bonchev–Trinajstić information content (AvgIpc) is 2.98. The SMILES string of the molecule is O=C(c1cccs1)N1CCN2CCC[C@@H]2C1. The minimum absolute atomic E-state index is 0.224. The molecular formula is C12H16N2OS. The third-order valence-electron chi connectivity index (χ3n) is 3.61. The summed E-state index contributed by atoms with van der Waals surface area (Å²) in [5.74, 6) is 0.224. The van der Waals surface area contributed by atoms with Gasteiger partial charge in [-0.3, -0.25) is 9.69 Å². The monoisotopic (exact) mass is 236 g/mol. The number of hydrogen-bond donors (Lipinski definition) is 0. The lowest BCUT2D eigenvalue weighted by molar-refractivity contribution is 0.0576. The first-order chi connectivity index (χ1) is 7.84. The number of carbonyl (C=O) groups excluding carboxylic acids is 1. The number of amides is 1. The Kier molecular flexibility index (Phi) is 2.69. The molecule has 1 aromatic rings. The molecule has 1 aromatic heterocycles. The van der Waals surface area contributed by atoms with Crippen LogP contribution in [0.3, 0.4) is 0 Å². The maximum Gasteiger partial charge on any atom is 0.264 e. The predicted octanol–water partition coefficient (Wildman–Crippen LogP) is 1.67. The summed E-state index contributed by atoms with van der Waals surface area (Å²) < 4.78 is 0. The van der Waals surface area contributed by atoms with Gasteiger partial charge in [0, 0.05) is 25.7 Å². The van der Waals surface area contributed by atoms with Gasteiger partial charge in [0.1, 0.15) is 0 Å². The summed E-state index contributed by atoms with van der Waals surface area (Å²) >= 11 is 1.55. The van der Waals surface area contributed by atoms with E-state index in [1.807, 2.05) is 22.4 Å². The van der Waals surface area contributed by atoms with Crippen molar-refractivity contribution >= 4 is 17.2 Å². The zero-order valence-corrected chi connectivity index (χ0v) is 10.1. The number of piperazine rings is 1. The van der Waals surface area contributed by atoms with E-state index < -0.39 is 0 Å². The largest absolute Gasteiger partial charge is 0.335 e. The van der Waals surface area contributed by atoms with E-state index in [9.17, 15) is 4.79 Å². The Morgan fingerprint density at radius 3 is 3.12 bits per heavy atom. The van der Waals surface area contributed by atoms with Crippen LogP contribution in [0.4, 0.5) is 0 Å². The number of rotatable bonds is 1. The van der Waals surface area contributed by atoms with Crippen LogP contribution in [-0.2, 0) is 0 Å². The summed E-state index contributed by atoms with van der Waals surface area (Å²) in [7, 11) is 0. The van der Waals surface area contributed by atoms with Gasteiger partial charge in [0.25, 0.3) is 5.91 Å². The third kappa shape index (κ3) is 1.76. The molecule has 1 atom stereocenters. The normalized spacial score (nSPS) is 25.8. The van der Waals surface area contributed by atoms with Crippen LogP contribution in [0.15, 0.2) is 17.5 Å². The van der Waals surface area contributed by atoms with Crippen LogP contribution in [0.1, 0.15) is 22.5 Å². The first kappa shape index (κ1) is 10.3. The molecule has 3 heterocycles. The molecule has 4 heteroatoms. The van der Waals surface area contributed by atoms with E-state index in [0.717, 1.165) is 24.5 Å². The first-order valence-electron chi connectivity index (χ1n) is 5.91. The lowest BCUT2D eigenvalue weighted by Crippen LogP contribution is -2.51. The summed E-state index contributed by atoms with van der Waals surface area (Å²) in [5, 5.41) is 1.97. The fourth-order valence-electron chi connectivity index (χ4n) is 2.73. The highest BCUT2D eigenvalue weighted by Crippen LogP contribution is 2.23. The van der Waals surface area contributed by atoms with E-state index in [-0.39, 0.29) is 5.91 Å². The van der Waals surface area contributed by atoms with Crippen LogP contribution in [0.2, 0.25) is 0 Å². The number of nitrogens with zero attached hydrogens (tertiary/aromatic N) is 2. The Labute approximate surface area is 99.7 Å². The smallest absolute Gasteiger partial charge is 0.264 e. The maximum atomic E-state index is 12.2. The average molecular weight is 236 g/mol. The van der Waals surface area contributed by atoms with Crippen LogP contribution in [-0.4, -0.2) is 47.9 Å². The van der Waals surface area contributed by atoms with Gasteiger partial charge in [0.2, 0.25) is 0 Å². The Balaban J connectivity index is 1.70. The lowest BCUT2D eigenvalue weighted by Gasteiger charge is -2.37. The Morgan fingerprint density at radius 2 is 2.31 bits per heavy atom. The second-order valence-corrected chi connectivity index (χ2v) is 5.51. The molecule has 0 radical (unpaired) electrons. The van der Waals surface area contributed by atoms with Crippen LogP contribution in [0, 0.1) is 0 Å². The van der Waals surface area contributed by atoms with Gasteiger partial charge in [-0.2, -0.15) is 0 Å². The topological polar surface area (TPSA) is 23.6 Å². The van der Waals surface area contributed by atoms with Gasteiger partial charge in [-0.25, -0.2) is 0 Å². The van der Waals surface area contributed by atoms with Crippen LogP contribution < -0.4 is 0 Å². The molecule has 1 amide bonds. The molecule has 0 unspecified atom stereocenters. The highest BCUT2D eigenvalue weighted by Gasteiger charge is 2.32. The molecule has 0 N–H and O–H groups in total. The van der Waals surface area contributed by atoms with Crippen LogP contribution in [0.25, 0.3) is 0 Å². The van der Waals surface area contributed by atoms with Gasteiger partial charge in [0.05, 0.1) is 4.88 Å². The molecule has 2 fully saturated rings. The van der Waals surface area contributed by atoms with Crippen molar-refractivity contribution in [2.24, 2.45) is 0 Å². The summed E-state index contributed by atoms with van der Waals surface area (Å²) in [6.07, 6.45) is 2.56. The predicted molar refractivity (Wildman–Crippen MR) is 64.8 cm³/mol. The van der Waals surface area contributed by atoms with Gasteiger partial charge >= 0.3 is 0 Å². The molecule has 86 valence electrons. The van der Waals surface area contributed by atoms with Gasteiger partial charge in [-0.05, 0) is 30.8 Å². The minimum Gasteiger partial charge on any atom is -0.335 e. The van der Waals surface area contributed by atoms with E-state index in [4.69, 9.17) is 0 Å². The molecule has 0 saturated carbocycles. The van der Waals surface area contributed by atoms with E-state index >= 15 is 0 Å². The Bertz CT molecular complexity index is 376. The van der Waals surface area contributed by atoms with E-state index in [1.54, 1.807) is 11.3 Å². The number of fused-ring (bicyclic) bond motifs is 1. The standard InChI is InChI=1S/C12H16N2OS/c15-12(11-4-2-8-16-11)14-7-6-13-5-1-3-10(13)9-14/h2,4,8,10H,1,3,5-7,9H2/t10-/m1/s1. The van der Waals surface area contributed by atoms with Crippen molar-refractivity contribution in [2.45, 2.75) is 18.9 Å². The molecule has 3 rings (SSSR count). The lowest BCUT2D eigenvalue weighted by atomic mass is 10.1. The number of carbonyl (C=O) groups is 1. The summed E-state index contributed by atoms with van der Waals surface area (Å²) in [6.45, 7) is 4.11. The highest BCUT2D eigenvalue weighted by molar-refractivity contribution is 7.12. The van der Waals surface area contributed by atoms with Gasteiger partial charge in [-0.1, -0.05) is 6.07 Å². The molecule has 16 heavy (non-hydrogen) atoms.